The summed E-state index contributed by atoms with van der Waals surface area (Å²) in [6.07, 6.45) is 1.38. The average molecular weight is 475 g/mol. The third kappa shape index (κ3) is 4.30. The number of benzene rings is 1. The van der Waals surface area contributed by atoms with E-state index in [1.807, 2.05) is 6.07 Å². The molecule has 0 saturated carbocycles. The van der Waals surface area contributed by atoms with Crippen LogP contribution in [0.4, 0.5) is 5.69 Å². The Bertz CT molecular complexity index is 723. The van der Waals surface area contributed by atoms with E-state index < -0.39 is 5.91 Å². The second-order valence-electron chi connectivity index (χ2n) is 3.90. The molecule has 1 amide bonds. The van der Waals surface area contributed by atoms with Crippen molar-refractivity contribution in [1.82, 2.24) is 0 Å². The summed E-state index contributed by atoms with van der Waals surface area (Å²) in [5.74, 6) is -0.0975. The second-order valence-corrected chi connectivity index (χ2v) is 6.39. The SMILES string of the molecule is N#C/C(=C/c1cc(Br)c(Br)o1)C(=O)Nc1ccc(Br)cc1. The van der Waals surface area contributed by atoms with Gasteiger partial charge in [0, 0.05) is 16.2 Å². The molecular formula is C14H7Br3N2O2. The van der Waals surface area contributed by atoms with Crippen LogP contribution in [0.25, 0.3) is 6.08 Å². The fourth-order valence-electron chi connectivity index (χ4n) is 1.46. The highest BCUT2D eigenvalue weighted by atomic mass is 79.9. The largest absolute Gasteiger partial charge is 0.449 e. The zero-order chi connectivity index (χ0) is 15.4. The number of halogens is 3. The number of rotatable bonds is 3. The highest BCUT2D eigenvalue weighted by molar-refractivity contribution is 9.13. The molecule has 0 saturated heterocycles. The number of nitriles is 1. The van der Waals surface area contributed by atoms with Crippen LogP contribution in [0.2, 0.25) is 0 Å². The third-order valence-electron chi connectivity index (χ3n) is 2.42. The lowest BCUT2D eigenvalue weighted by Crippen LogP contribution is -2.13. The Kier molecular flexibility index (Phi) is 5.39. The molecule has 1 N–H and O–H groups in total. The predicted octanol–water partition coefficient (Wildman–Crippen LogP) is 5.11. The number of hydrogen-bond acceptors (Lipinski definition) is 3. The predicted molar refractivity (Wildman–Crippen MR) is 90.5 cm³/mol. The molecular weight excluding hydrogens is 468 g/mol. The van der Waals surface area contributed by atoms with Crippen LogP contribution in [0.5, 0.6) is 0 Å². The quantitative estimate of drug-likeness (QED) is 0.496. The number of carbonyl (C=O) groups excluding carboxylic acids is 1. The van der Waals surface area contributed by atoms with E-state index in [-0.39, 0.29) is 5.57 Å². The fourth-order valence-corrected chi connectivity index (χ4v) is 2.33. The Morgan fingerprint density at radius 1 is 1.24 bits per heavy atom. The first kappa shape index (κ1) is 16.0. The molecule has 0 fully saturated rings. The molecule has 0 unspecified atom stereocenters. The standard InChI is InChI=1S/C14H7Br3N2O2/c15-9-1-3-10(4-2-9)19-14(20)8(7-18)5-11-6-12(16)13(17)21-11/h1-6H,(H,19,20)/b8-5-. The van der Waals surface area contributed by atoms with Gasteiger partial charge in [-0.15, -0.1) is 0 Å². The summed E-state index contributed by atoms with van der Waals surface area (Å²) in [6.45, 7) is 0. The van der Waals surface area contributed by atoms with Gasteiger partial charge in [0.05, 0.1) is 4.47 Å². The van der Waals surface area contributed by atoms with Crippen LogP contribution in [-0.2, 0) is 4.79 Å². The highest BCUT2D eigenvalue weighted by Crippen LogP contribution is 2.28. The van der Waals surface area contributed by atoms with Gasteiger partial charge >= 0.3 is 0 Å². The highest BCUT2D eigenvalue weighted by Gasteiger charge is 2.12. The van der Waals surface area contributed by atoms with Gasteiger partial charge in [-0.25, -0.2) is 0 Å². The molecule has 4 nitrogen and oxygen atoms in total. The minimum atomic E-state index is -0.497. The van der Waals surface area contributed by atoms with Crippen LogP contribution in [0.15, 0.2) is 53.9 Å². The van der Waals surface area contributed by atoms with Crippen molar-refractivity contribution in [2.24, 2.45) is 0 Å². The number of hydrogen-bond donors (Lipinski definition) is 1. The molecule has 2 aromatic rings. The molecule has 106 valence electrons. The molecule has 0 aliphatic rings. The van der Waals surface area contributed by atoms with Gasteiger partial charge in [-0.1, -0.05) is 15.9 Å². The third-order valence-corrected chi connectivity index (χ3v) is 4.66. The summed E-state index contributed by atoms with van der Waals surface area (Å²) < 4.78 is 7.43. The van der Waals surface area contributed by atoms with E-state index in [0.29, 0.717) is 20.6 Å². The molecule has 1 heterocycles. The topological polar surface area (TPSA) is 66.0 Å². The molecule has 21 heavy (non-hydrogen) atoms. The van der Waals surface area contributed by atoms with Crippen molar-refractivity contribution < 1.29 is 9.21 Å². The summed E-state index contributed by atoms with van der Waals surface area (Å²) in [4.78, 5) is 12.0. The van der Waals surface area contributed by atoms with Crippen molar-refractivity contribution in [1.29, 1.82) is 5.26 Å². The Morgan fingerprint density at radius 3 is 2.43 bits per heavy atom. The van der Waals surface area contributed by atoms with Crippen molar-refractivity contribution in [2.75, 3.05) is 5.32 Å². The minimum absolute atomic E-state index is 0.0494. The molecule has 1 aromatic carbocycles. The maximum atomic E-state index is 12.0. The Labute approximate surface area is 146 Å². The van der Waals surface area contributed by atoms with E-state index in [9.17, 15) is 4.79 Å². The minimum Gasteiger partial charge on any atom is -0.449 e. The van der Waals surface area contributed by atoms with Gasteiger partial charge in [0.1, 0.15) is 17.4 Å². The van der Waals surface area contributed by atoms with E-state index >= 15 is 0 Å². The zero-order valence-corrected chi connectivity index (χ0v) is 15.1. The second kappa shape index (κ2) is 7.07. The molecule has 0 atom stereocenters. The lowest BCUT2D eigenvalue weighted by Gasteiger charge is -2.03. The number of nitrogens with one attached hydrogen (secondary N) is 1. The van der Waals surface area contributed by atoms with E-state index in [2.05, 4.69) is 53.1 Å². The zero-order valence-electron chi connectivity index (χ0n) is 10.4. The van der Waals surface area contributed by atoms with Crippen LogP contribution >= 0.6 is 47.8 Å². The molecule has 0 aliphatic carbocycles. The summed E-state index contributed by atoms with van der Waals surface area (Å²) in [5.41, 5.74) is 0.554. The van der Waals surface area contributed by atoms with Gasteiger partial charge in [-0.2, -0.15) is 5.26 Å². The first-order valence-corrected chi connectivity index (χ1v) is 8.01. The van der Waals surface area contributed by atoms with Gasteiger partial charge in [-0.3, -0.25) is 4.79 Å². The van der Waals surface area contributed by atoms with Crippen molar-refractivity contribution >= 4 is 65.5 Å². The average Bonchev–Trinajstić information content (AvgIpc) is 2.77. The summed E-state index contributed by atoms with van der Waals surface area (Å²) in [5, 5.41) is 11.8. The summed E-state index contributed by atoms with van der Waals surface area (Å²) >= 11 is 9.77. The van der Waals surface area contributed by atoms with Gasteiger partial charge in [0.15, 0.2) is 4.67 Å². The molecule has 0 bridgehead atoms. The molecule has 7 heteroatoms. The maximum Gasteiger partial charge on any atom is 0.266 e. The van der Waals surface area contributed by atoms with Gasteiger partial charge < -0.3 is 9.73 Å². The van der Waals surface area contributed by atoms with Gasteiger partial charge in [0.2, 0.25) is 0 Å². The number of anilines is 1. The molecule has 2 rings (SSSR count). The lowest BCUT2D eigenvalue weighted by atomic mass is 10.2. The van der Waals surface area contributed by atoms with Crippen LogP contribution < -0.4 is 5.32 Å². The Morgan fingerprint density at radius 2 is 1.90 bits per heavy atom. The van der Waals surface area contributed by atoms with E-state index in [4.69, 9.17) is 9.68 Å². The van der Waals surface area contributed by atoms with Crippen molar-refractivity contribution in [2.45, 2.75) is 0 Å². The summed E-state index contributed by atoms with van der Waals surface area (Å²) in [6, 6.07) is 10.6. The van der Waals surface area contributed by atoms with Crippen LogP contribution in [0.1, 0.15) is 5.76 Å². The number of amides is 1. The smallest absolute Gasteiger partial charge is 0.266 e. The fraction of sp³-hybridized carbons (Fsp3) is 0. The summed E-state index contributed by atoms with van der Waals surface area (Å²) in [7, 11) is 0. The molecule has 0 aliphatic heterocycles. The molecule has 0 spiro atoms. The van der Waals surface area contributed by atoms with E-state index in [1.165, 1.54) is 6.08 Å². The van der Waals surface area contributed by atoms with E-state index in [1.54, 1.807) is 30.3 Å². The van der Waals surface area contributed by atoms with Crippen molar-refractivity contribution in [3.05, 3.63) is 55.3 Å². The Hall–Kier alpha value is -1.36. The molecule has 0 radical (unpaired) electrons. The van der Waals surface area contributed by atoms with Crippen molar-refractivity contribution in [3.8, 4) is 6.07 Å². The molecule has 1 aromatic heterocycles. The monoisotopic (exact) mass is 472 g/mol. The lowest BCUT2D eigenvalue weighted by molar-refractivity contribution is -0.112. The number of carbonyl (C=O) groups is 1. The van der Waals surface area contributed by atoms with Crippen LogP contribution in [-0.4, -0.2) is 5.91 Å². The maximum absolute atomic E-state index is 12.0. The number of nitrogens with zero attached hydrogens (tertiary/aromatic N) is 1. The first-order valence-electron chi connectivity index (χ1n) is 5.63. The van der Waals surface area contributed by atoms with Crippen LogP contribution in [0, 0.1) is 11.3 Å². The first-order chi connectivity index (χ1) is 9.99. The Balaban J connectivity index is 2.19. The van der Waals surface area contributed by atoms with Gasteiger partial charge in [-0.05, 0) is 62.2 Å². The van der Waals surface area contributed by atoms with Crippen molar-refractivity contribution in [3.63, 3.8) is 0 Å². The van der Waals surface area contributed by atoms with Gasteiger partial charge in [0.25, 0.3) is 5.91 Å². The normalized spacial score (nSPS) is 11.0. The number of furan rings is 1. The van der Waals surface area contributed by atoms with Crippen LogP contribution in [0.3, 0.4) is 0 Å². The van der Waals surface area contributed by atoms with E-state index in [0.717, 1.165) is 4.47 Å².